The molecular formula is C22H29NO2. The van der Waals surface area contributed by atoms with Gasteiger partial charge in [-0.15, -0.1) is 0 Å². The predicted molar refractivity (Wildman–Crippen MR) is 99.7 cm³/mol. The van der Waals surface area contributed by atoms with Crippen LogP contribution in [0.3, 0.4) is 0 Å². The lowest BCUT2D eigenvalue weighted by Gasteiger charge is -2.36. The molecule has 1 aliphatic carbocycles. The number of carbonyl (C=O) groups is 1. The molecule has 1 amide bonds. The standard InChI is InChI=1S/C22H29NO2/c1-2-13-25-21-10-3-16(4-11-21)5-12-22(24)23-19-8-9-20(23)15-18(14-19)17-6-7-17/h3-4,10-11,19-20H,2,5-9,12-15H2,1H3. The molecule has 4 rings (SSSR count). The number of piperidine rings is 1. The molecule has 0 aromatic heterocycles. The van der Waals surface area contributed by atoms with Crippen molar-refractivity contribution >= 4 is 5.91 Å². The van der Waals surface area contributed by atoms with Crippen molar-refractivity contribution in [2.45, 2.75) is 76.8 Å². The second-order valence-electron chi connectivity index (χ2n) is 7.79. The molecular weight excluding hydrogens is 310 g/mol. The zero-order valence-corrected chi connectivity index (χ0v) is 15.3. The summed E-state index contributed by atoms with van der Waals surface area (Å²) in [6.45, 7) is 2.87. The Hall–Kier alpha value is -1.77. The van der Waals surface area contributed by atoms with Crippen molar-refractivity contribution in [3.63, 3.8) is 0 Å². The number of ether oxygens (including phenoxy) is 1. The molecule has 134 valence electrons. The van der Waals surface area contributed by atoms with Gasteiger partial charge in [-0.25, -0.2) is 0 Å². The molecule has 3 fully saturated rings. The van der Waals surface area contributed by atoms with Crippen LogP contribution in [0.4, 0.5) is 0 Å². The number of benzene rings is 1. The molecule has 0 N–H and O–H groups in total. The SMILES string of the molecule is CCCOc1ccc(CCC(=O)N2C3CCC2CC(=C2CC2)C3)cc1. The summed E-state index contributed by atoms with van der Waals surface area (Å²) >= 11 is 0. The van der Waals surface area contributed by atoms with E-state index in [-0.39, 0.29) is 0 Å². The van der Waals surface area contributed by atoms with E-state index in [1.54, 1.807) is 11.1 Å². The Morgan fingerprint density at radius 1 is 1.08 bits per heavy atom. The van der Waals surface area contributed by atoms with Crippen LogP contribution in [0, 0.1) is 0 Å². The summed E-state index contributed by atoms with van der Waals surface area (Å²) in [6, 6.07) is 9.21. The van der Waals surface area contributed by atoms with E-state index in [2.05, 4.69) is 24.0 Å². The Bertz CT molecular complexity index is 639. The molecule has 3 nitrogen and oxygen atoms in total. The van der Waals surface area contributed by atoms with Gasteiger partial charge in [0.2, 0.25) is 5.91 Å². The lowest BCUT2D eigenvalue weighted by molar-refractivity contribution is -0.134. The second-order valence-corrected chi connectivity index (χ2v) is 7.79. The molecule has 2 heterocycles. The molecule has 2 atom stereocenters. The van der Waals surface area contributed by atoms with Gasteiger partial charge in [-0.2, -0.15) is 0 Å². The number of fused-ring (bicyclic) bond motifs is 2. The van der Waals surface area contributed by atoms with E-state index in [1.165, 1.54) is 31.2 Å². The van der Waals surface area contributed by atoms with Gasteiger partial charge in [-0.3, -0.25) is 4.79 Å². The summed E-state index contributed by atoms with van der Waals surface area (Å²) in [4.78, 5) is 15.1. The summed E-state index contributed by atoms with van der Waals surface area (Å²) in [5, 5.41) is 0. The third kappa shape index (κ3) is 3.75. The lowest BCUT2D eigenvalue weighted by Crippen LogP contribution is -2.44. The fourth-order valence-electron chi connectivity index (χ4n) is 4.48. The largest absolute Gasteiger partial charge is 0.494 e. The number of aryl methyl sites for hydroxylation is 1. The minimum Gasteiger partial charge on any atom is -0.494 e. The third-order valence-electron chi connectivity index (χ3n) is 5.90. The molecule has 2 aliphatic heterocycles. The van der Waals surface area contributed by atoms with E-state index in [0.717, 1.165) is 38.0 Å². The van der Waals surface area contributed by atoms with Crippen molar-refractivity contribution in [2.75, 3.05) is 6.61 Å². The van der Waals surface area contributed by atoms with Crippen molar-refractivity contribution < 1.29 is 9.53 Å². The highest BCUT2D eigenvalue weighted by molar-refractivity contribution is 5.78. The van der Waals surface area contributed by atoms with Gasteiger partial charge in [0.15, 0.2) is 0 Å². The van der Waals surface area contributed by atoms with Gasteiger partial charge in [0, 0.05) is 18.5 Å². The monoisotopic (exact) mass is 339 g/mol. The van der Waals surface area contributed by atoms with E-state index in [4.69, 9.17) is 4.74 Å². The number of rotatable bonds is 6. The zero-order valence-electron chi connectivity index (χ0n) is 15.3. The van der Waals surface area contributed by atoms with E-state index < -0.39 is 0 Å². The maximum Gasteiger partial charge on any atom is 0.223 e. The molecule has 0 spiro atoms. The Labute approximate surface area is 151 Å². The van der Waals surface area contributed by atoms with Gasteiger partial charge >= 0.3 is 0 Å². The van der Waals surface area contributed by atoms with Gasteiger partial charge in [-0.05, 0) is 69.1 Å². The quantitative estimate of drug-likeness (QED) is 0.706. The molecule has 1 aromatic rings. The first-order chi connectivity index (χ1) is 12.2. The minimum atomic E-state index is 0.360. The van der Waals surface area contributed by atoms with Gasteiger partial charge < -0.3 is 9.64 Å². The number of hydrogen-bond acceptors (Lipinski definition) is 2. The third-order valence-corrected chi connectivity index (χ3v) is 5.90. The van der Waals surface area contributed by atoms with Crippen molar-refractivity contribution in [1.29, 1.82) is 0 Å². The van der Waals surface area contributed by atoms with Crippen molar-refractivity contribution in [1.82, 2.24) is 4.90 Å². The van der Waals surface area contributed by atoms with Crippen molar-refractivity contribution in [3.05, 3.63) is 41.0 Å². The average Bonchev–Trinajstić information content (AvgIpc) is 3.44. The lowest BCUT2D eigenvalue weighted by atomic mass is 9.95. The first-order valence-corrected chi connectivity index (χ1v) is 9.97. The maximum absolute atomic E-state index is 12.8. The Morgan fingerprint density at radius 3 is 2.36 bits per heavy atom. The number of carbonyl (C=O) groups excluding carboxylic acids is 1. The molecule has 3 aliphatic rings. The Balaban J connectivity index is 1.31. The fourth-order valence-corrected chi connectivity index (χ4v) is 4.48. The van der Waals surface area contributed by atoms with Crippen molar-refractivity contribution in [2.24, 2.45) is 0 Å². The van der Waals surface area contributed by atoms with Gasteiger partial charge in [-0.1, -0.05) is 30.2 Å². The van der Waals surface area contributed by atoms with Crippen LogP contribution in [0.2, 0.25) is 0 Å². The van der Waals surface area contributed by atoms with E-state index in [9.17, 15) is 4.79 Å². The molecule has 0 radical (unpaired) electrons. The number of nitrogens with zero attached hydrogens (tertiary/aromatic N) is 1. The molecule has 25 heavy (non-hydrogen) atoms. The van der Waals surface area contributed by atoms with E-state index in [1.807, 2.05) is 12.1 Å². The molecule has 2 saturated heterocycles. The number of allylic oxidation sites excluding steroid dienone is 1. The fraction of sp³-hybridized carbons (Fsp3) is 0.591. The summed E-state index contributed by atoms with van der Waals surface area (Å²) < 4.78 is 5.62. The van der Waals surface area contributed by atoms with Crippen LogP contribution >= 0.6 is 0 Å². The summed E-state index contributed by atoms with van der Waals surface area (Å²) in [5.41, 5.74) is 4.62. The first-order valence-electron chi connectivity index (χ1n) is 9.97. The highest BCUT2D eigenvalue weighted by atomic mass is 16.5. The normalized spacial score (nSPS) is 24.6. The average molecular weight is 339 g/mol. The Morgan fingerprint density at radius 2 is 1.76 bits per heavy atom. The van der Waals surface area contributed by atoms with Crippen LogP contribution < -0.4 is 4.74 Å². The minimum absolute atomic E-state index is 0.360. The highest BCUT2D eigenvalue weighted by Gasteiger charge is 2.42. The number of hydrogen-bond donors (Lipinski definition) is 0. The maximum atomic E-state index is 12.8. The van der Waals surface area contributed by atoms with Crippen LogP contribution in [-0.2, 0) is 11.2 Å². The van der Waals surface area contributed by atoms with Gasteiger partial charge in [0.05, 0.1) is 6.61 Å². The van der Waals surface area contributed by atoms with Crippen LogP contribution in [0.25, 0.3) is 0 Å². The smallest absolute Gasteiger partial charge is 0.223 e. The molecule has 2 bridgehead atoms. The van der Waals surface area contributed by atoms with Crippen LogP contribution in [-0.4, -0.2) is 29.5 Å². The van der Waals surface area contributed by atoms with Crippen LogP contribution in [0.5, 0.6) is 5.75 Å². The zero-order chi connectivity index (χ0) is 17.2. The van der Waals surface area contributed by atoms with Gasteiger partial charge in [0.1, 0.15) is 5.75 Å². The first kappa shape index (κ1) is 16.7. The summed E-state index contributed by atoms with van der Waals surface area (Å²) in [7, 11) is 0. The molecule has 1 aromatic carbocycles. The molecule has 3 heteroatoms. The predicted octanol–water partition coefficient (Wildman–Crippen LogP) is 4.65. The Kier molecular flexibility index (Phi) is 4.82. The van der Waals surface area contributed by atoms with Crippen molar-refractivity contribution in [3.8, 4) is 5.75 Å². The number of amides is 1. The summed E-state index contributed by atoms with van der Waals surface area (Å²) in [6.07, 6.45) is 9.84. The van der Waals surface area contributed by atoms with Crippen LogP contribution in [0.15, 0.2) is 35.4 Å². The molecule has 2 unspecified atom stereocenters. The molecule has 1 saturated carbocycles. The highest BCUT2D eigenvalue weighted by Crippen LogP contribution is 2.44. The van der Waals surface area contributed by atoms with E-state index >= 15 is 0 Å². The van der Waals surface area contributed by atoms with Gasteiger partial charge in [0.25, 0.3) is 0 Å². The van der Waals surface area contributed by atoms with Crippen LogP contribution in [0.1, 0.15) is 63.9 Å². The van der Waals surface area contributed by atoms with E-state index in [0.29, 0.717) is 24.4 Å². The topological polar surface area (TPSA) is 29.5 Å². The second kappa shape index (κ2) is 7.23. The summed E-state index contributed by atoms with van der Waals surface area (Å²) in [5.74, 6) is 1.28.